The molecule has 1 fully saturated rings. The quantitative estimate of drug-likeness (QED) is 0.469. The fourth-order valence-electron chi connectivity index (χ4n) is 0.985. The van der Waals surface area contributed by atoms with Crippen LogP contribution in [0.2, 0.25) is 0 Å². The van der Waals surface area contributed by atoms with Gasteiger partial charge >= 0.3 is 0 Å². The van der Waals surface area contributed by atoms with Crippen LogP contribution in [0.3, 0.4) is 0 Å². The van der Waals surface area contributed by atoms with E-state index in [0.717, 1.165) is 12.5 Å². The van der Waals surface area contributed by atoms with Crippen LogP contribution < -0.4 is 10.8 Å². The third kappa shape index (κ3) is 5.94. The van der Waals surface area contributed by atoms with Crippen molar-refractivity contribution in [3.8, 4) is 0 Å². The third-order valence-electron chi connectivity index (χ3n) is 2.04. The molecule has 0 aromatic rings. The van der Waals surface area contributed by atoms with Crippen molar-refractivity contribution < 1.29 is 9.63 Å². The summed E-state index contributed by atoms with van der Waals surface area (Å²) in [4.78, 5) is 16.2. The highest BCUT2D eigenvalue weighted by molar-refractivity contribution is 5.77. The van der Waals surface area contributed by atoms with E-state index in [0.29, 0.717) is 12.5 Å². The highest BCUT2D eigenvalue weighted by Gasteiger charge is 2.21. The van der Waals surface area contributed by atoms with Crippen molar-refractivity contribution in [1.29, 1.82) is 0 Å². The van der Waals surface area contributed by atoms with Crippen molar-refractivity contribution >= 4 is 5.91 Å². The van der Waals surface area contributed by atoms with E-state index in [4.69, 9.17) is 4.84 Å². The molecule has 0 unspecified atom stereocenters. The molecule has 4 nitrogen and oxygen atoms in total. The number of hydroxylamine groups is 1. The van der Waals surface area contributed by atoms with E-state index in [1.165, 1.54) is 12.8 Å². The van der Waals surface area contributed by atoms with Crippen LogP contribution in [0.25, 0.3) is 0 Å². The van der Waals surface area contributed by atoms with Gasteiger partial charge in [0.2, 0.25) is 5.91 Å². The smallest absolute Gasteiger partial charge is 0.236 e. The lowest BCUT2D eigenvalue weighted by Gasteiger charge is -2.08. The maximum atomic E-state index is 11.2. The summed E-state index contributed by atoms with van der Waals surface area (Å²) in [7, 11) is 0. The molecule has 1 aliphatic carbocycles. The number of carbonyl (C=O) groups excluding carboxylic acids is 1. The zero-order chi connectivity index (χ0) is 10.4. The average molecular weight is 200 g/mol. The van der Waals surface area contributed by atoms with Gasteiger partial charge in [0, 0.05) is 6.54 Å². The molecule has 0 atom stereocenters. The Labute approximate surface area is 85.3 Å². The van der Waals surface area contributed by atoms with Crippen LogP contribution in [0.15, 0.2) is 0 Å². The molecule has 0 aliphatic heterocycles. The van der Waals surface area contributed by atoms with Crippen LogP contribution in [-0.4, -0.2) is 25.6 Å². The summed E-state index contributed by atoms with van der Waals surface area (Å²) in [6.45, 7) is 5.84. The number of hydrogen-bond donors (Lipinski definition) is 2. The molecule has 1 amide bonds. The summed E-state index contributed by atoms with van der Waals surface area (Å²) in [5.41, 5.74) is 2.65. The highest BCUT2D eigenvalue weighted by atomic mass is 16.6. The Kier molecular flexibility index (Phi) is 4.90. The summed E-state index contributed by atoms with van der Waals surface area (Å²) in [6, 6.07) is 0. The van der Waals surface area contributed by atoms with Gasteiger partial charge in [-0.05, 0) is 24.7 Å². The molecule has 4 heteroatoms. The van der Waals surface area contributed by atoms with Gasteiger partial charge < -0.3 is 10.2 Å². The first-order valence-corrected chi connectivity index (χ1v) is 5.30. The molecule has 0 saturated heterocycles. The number of rotatable bonds is 7. The van der Waals surface area contributed by atoms with Gasteiger partial charge in [-0.3, -0.25) is 4.79 Å². The van der Waals surface area contributed by atoms with E-state index >= 15 is 0 Å². The van der Waals surface area contributed by atoms with Gasteiger partial charge in [-0.15, -0.1) is 0 Å². The normalized spacial score (nSPS) is 15.9. The van der Waals surface area contributed by atoms with Crippen LogP contribution in [0.5, 0.6) is 0 Å². The van der Waals surface area contributed by atoms with Crippen molar-refractivity contribution in [2.75, 3.05) is 19.7 Å². The van der Waals surface area contributed by atoms with E-state index in [9.17, 15) is 4.79 Å². The van der Waals surface area contributed by atoms with Gasteiger partial charge in [-0.2, -0.15) is 5.48 Å². The summed E-state index contributed by atoms with van der Waals surface area (Å²) >= 11 is 0. The third-order valence-corrected chi connectivity index (χ3v) is 2.04. The molecule has 0 aromatic heterocycles. The van der Waals surface area contributed by atoms with Gasteiger partial charge in [0.15, 0.2) is 0 Å². The minimum absolute atomic E-state index is 0.0145. The highest BCUT2D eigenvalue weighted by Crippen LogP contribution is 2.27. The van der Waals surface area contributed by atoms with Crippen LogP contribution in [0.1, 0.15) is 26.7 Å². The predicted molar refractivity (Wildman–Crippen MR) is 54.5 cm³/mol. The largest absolute Gasteiger partial charge is 0.355 e. The second-order valence-corrected chi connectivity index (χ2v) is 4.27. The molecule has 0 spiro atoms. The summed E-state index contributed by atoms with van der Waals surface area (Å²) < 4.78 is 0. The molecule has 0 heterocycles. The Hall–Kier alpha value is -0.610. The van der Waals surface area contributed by atoms with Crippen molar-refractivity contribution in [1.82, 2.24) is 10.8 Å². The minimum atomic E-state index is 0.0145. The van der Waals surface area contributed by atoms with Gasteiger partial charge in [0.05, 0.1) is 13.2 Å². The van der Waals surface area contributed by atoms with Crippen molar-refractivity contribution in [3.63, 3.8) is 0 Å². The lowest BCUT2D eigenvalue weighted by atomic mass is 10.2. The Morgan fingerprint density at radius 2 is 2.21 bits per heavy atom. The lowest BCUT2D eigenvalue weighted by Crippen LogP contribution is -2.35. The summed E-state index contributed by atoms with van der Waals surface area (Å²) in [6.07, 6.45) is 2.52. The van der Waals surface area contributed by atoms with Gasteiger partial charge in [0.1, 0.15) is 0 Å². The minimum Gasteiger partial charge on any atom is -0.355 e. The zero-order valence-corrected chi connectivity index (χ0v) is 9.01. The van der Waals surface area contributed by atoms with E-state index < -0.39 is 0 Å². The second kappa shape index (κ2) is 5.98. The lowest BCUT2D eigenvalue weighted by molar-refractivity contribution is -0.123. The summed E-state index contributed by atoms with van der Waals surface area (Å²) in [5.74, 6) is 1.23. The monoisotopic (exact) mass is 200 g/mol. The fraction of sp³-hybridized carbons (Fsp3) is 0.900. The molecule has 1 rings (SSSR count). The molecule has 82 valence electrons. The van der Waals surface area contributed by atoms with Crippen LogP contribution in [0, 0.1) is 11.8 Å². The zero-order valence-electron chi connectivity index (χ0n) is 9.01. The average Bonchev–Trinajstić information content (AvgIpc) is 2.92. The van der Waals surface area contributed by atoms with Crippen molar-refractivity contribution in [3.05, 3.63) is 0 Å². The van der Waals surface area contributed by atoms with Gasteiger partial charge in [0.25, 0.3) is 0 Å². The molecule has 0 bridgehead atoms. The maximum Gasteiger partial charge on any atom is 0.236 e. The molecule has 14 heavy (non-hydrogen) atoms. The van der Waals surface area contributed by atoms with Crippen LogP contribution in [0.4, 0.5) is 0 Å². The van der Waals surface area contributed by atoms with E-state index in [1.807, 2.05) is 0 Å². The molecular formula is C10H20N2O2. The first-order chi connectivity index (χ1) is 6.68. The molecule has 2 N–H and O–H groups in total. The summed E-state index contributed by atoms with van der Waals surface area (Å²) in [5, 5.41) is 2.85. The Morgan fingerprint density at radius 1 is 1.50 bits per heavy atom. The molecule has 1 saturated carbocycles. The van der Waals surface area contributed by atoms with Crippen LogP contribution in [-0.2, 0) is 9.63 Å². The number of nitrogens with one attached hydrogen (secondary N) is 2. The van der Waals surface area contributed by atoms with Crippen LogP contribution >= 0.6 is 0 Å². The van der Waals surface area contributed by atoms with E-state index in [-0.39, 0.29) is 12.5 Å². The maximum absolute atomic E-state index is 11.2. The molecule has 1 aliphatic rings. The first-order valence-electron chi connectivity index (χ1n) is 5.30. The van der Waals surface area contributed by atoms with E-state index in [2.05, 4.69) is 24.6 Å². The Bertz CT molecular complexity index is 179. The predicted octanol–water partition coefficient (Wildman–Crippen LogP) is 0.690. The molecule has 0 radical (unpaired) electrons. The van der Waals surface area contributed by atoms with Gasteiger partial charge in [-0.1, -0.05) is 13.8 Å². The second-order valence-electron chi connectivity index (χ2n) is 4.27. The number of carbonyl (C=O) groups is 1. The van der Waals surface area contributed by atoms with Gasteiger partial charge in [-0.25, -0.2) is 0 Å². The molecule has 0 aromatic carbocycles. The molecular weight excluding hydrogens is 180 g/mol. The van der Waals surface area contributed by atoms with Crippen molar-refractivity contribution in [2.24, 2.45) is 11.8 Å². The Morgan fingerprint density at radius 3 is 2.79 bits per heavy atom. The topological polar surface area (TPSA) is 50.4 Å². The first kappa shape index (κ1) is 11.5. The SMILES string of the molecule is CC(C)CONCC(=O)NCC1CC1. The Balaban J connectivity index is 1.86. The fourth-order valence-corrected chi connectivity index (χ4v) is 0.985. The standard InChI is InChI=1S/C10H20N2O2/c1-8(2)7-14-12-6-10(13)11-5-9-3-4-9/h8-9,12H,3-7H2,1-2H3,(H,11,13). The van der Waals surface area contributed by atoms with Crippen molar-refractivity contribution in [2.45, 2.75) is 26.7 Å². The van der Waals surface area contributed by atoms with E-state index in [1.54, 1.807) is 0 Å². The number of amides is 1. The number of hydrogen-bond acceptors (Lipinski definition) is 3.